The summed E-state index contributed by atoms with van der Waals surface area (Å²) in [6.45, 7) is 3.27. The molecule has 0 saturated heterocycles. The molecule has 4 rings (SSSR count). The second-order valence-electron chi connectivity index (χ2n) is 7.65. The van der Waals surface area contributed by atoms with E-state index in [1.807, 2.05) is 30.3 Å². The SMILES string of the molecule is CCOC(=O)c1c(C)oc(-c2ccc(Cl)cc2)c1S(=O)(=O)Nc1ncc(Br)nc1OCc1ccccc1. The standard InChI is InChI=1S/C25H21BrClN3O6S/c1-3-34-25(31)20-15(2)36-21(17-9-11-18(27)12-10-17)22(20)37(32,33)30-23-24(29-19(26)13-28-23)35-14-16-7-5-4-6-8-16/h4-13H,3,14H2,1-2H3,(H,28,30). The number of benzene rings is 2. The minimum absolute atomic E-state index is 0.0440. The van der Waals surface area contributed by atoms with Crippen molar-refractivity contribution in [2.75, 3.05) is 11.3 Å². The van der Waals surface area contributed by atoms with E-state index in [1.54, 1.807) is 31.2 Å². The molecule has 9 nitrogen and oxygen atoms in total. The maximum absolute atomic E-state index is 13.8. The highest BCUT2D eigenvalue weighted by atomic mass is 79.9. The van der Waals surface area contributed by atoms with Crippen LogP contribution in [0.1, 0.15) is 28.6 Å². The molecule has 12 heteroatoms. The van der Waals surface area contributed by atoms with Crippen LogP contribution in [0.15, 0.2) is 74.7 Å². The van der Waals surface area contributed by atoms with E-state index >= 15 is 0 Å². The number of ether oxygens (including phenoxy) is 2. The molecule has 2 aromatic carbocycles. The van der Waals surface area contributed by atoms with E-state index in [-0.39, 0.29) is 42.0 Å². The summed E-state index contributed by atoms with van der Waals surface area (Å²) in [6, 6.07) is 15.6. The Labute approximate surface area is 227 Å². The van der Waals surface area contributed by atoms with Crippen LogP contribution in [-0.4, -0.2) is 31.0 Å². The van der Waals surface area contributed by atoms with Gasteiger partial charge in [-0.2, -0.15) is 0 Å². The third-order valence-electron chi connectivity index (χ3n) is 5.06. The van der Waals surface area contributed by atoms with Crippen molar-refractivity contribution in [1.29, 1.82) is 0 Å². The highest BCUT2D eigenvalue weighted by Gasteiger charge is 2.35. The van der Waals surface area contributed by atoms with Crippen LogP contribution in [0, 0.1) is 6.92 Å². The number of hydrogen-bond acceptors (Lipinski definition) is 8. The van der Waals surface area contributed by atoms with Crippen molar-refractivity contribution in [1.82, 2.24) is 9.97 Å². The number of aryl methyl sites for hydroxylation is 1. The van der Waals surface area contributed by atoms with Crippen LogP contribution >= 0.6 is 27.5 Å². The molecule has 0 aliphatic heterocycles. The lowest BCUT2D eigenvalue weighted by Crippen LogP contribution is -2.19. The molecule has 0 aliphatic rings. The molecule has 0 atom stereocenters. The summed E-state index contributed by atoms with van der Waals surface area (Å²) in [6.07, 6.45) is 1.32. The van der Waals surface area contributed by atoms with Crippen molar-refractivity contribution < 1.29 is 27.1 Å². The average molecular weight is 607 g/mol. The second kappa shape index (κ2) is 11.3. The number of carbonyl (C=O) groups is 1. The van der Waals surface area contributed by atoms with Gasteiger partial charge >= 0.3 is 5.97 Å². The first kappa shape index (κ1) is 26.6. The molecule has 0 aliphatic carbocycles. The lowest BCUT2D eigenvalue weighted by Gasteiger charge is -2.13. The number of furan rings is 1. The zero-order chi connectivity index (χ0) is 26.6. The zero-order valence-corrected chi connectivity index (χ0v) is 22.9. The number of hydrogen-bond donors (Lipinski definition) is 1. The molecular formula is C25H21BrClN3O6S. The normalized spacial score (nSPS) is 11.2. The van der Waals surface area contributed by atoms with Gasteiger partial charge in [0.05, 0.1) is 12.8 Å². The summed E-state index contributed by atoms with van der Waals surface area (Å²) < 4.78 is 47.0. The van der Waals surface area contributed by atoms with Gasteiger partial charge in [-0.15, -0.1) is 0 Å². The van der Waals surface area contributed by atoms with E-state index in [4.69, 9.17) is 25.5 Å². The smallest absolute Gasteiger partial charge is 0.343 e. The molecule has 0 spiro atoms. The number of esters is 1. The number of sulfonamides is 1. The topological polar surface area (TPSA) is 121 Å². The van der Waals surface area contributed by atoms with Crippen LogP contribution in [0.25, 0.3) is 11.3 Å². The van der Waals surface area contributed by atoms with Gasteiger partial charge in [-0.25, -0.2) is 23.2 Å². The highest BCUT2D eigenvalue weighted by molar-refractivity contribution is 9.10. The van der Waals surface area contributed by atoms with Crippen molar-refractivity contribution in [3.8, 4) is 17.2 Å². The number of nitrogens with one attached hydrogen (secondary N) is 1. The van der Waals surface area contributed by atoms with Gasteiger partial charge in [0.1, 0.15) is 27.4 Å². The van der Waals surface area contributed by atoms with Crippen molar-refractivity contribution in [2.45, 2.75) is 25.3 Å². The Morgan fingerprint density at radius 1 is 1.14 bits per heavy atom. The van der Waals surface area contributed by atoms with E-state index in [0.717, 1.165) is 5.56 Å². The monoisotopic (exact) mass is 605 g/mol. The number of rotatable bonds is 9. The Balaban J connectivity index is 1.78. The molecule has 192 valence electrons. The van der Waals surface area contributed by atoms with Crippen LogP contribution < -0.4 is 9.46 Å². The van der Waals surface area contributed by atoms with E-state index in [9.17, 15) is 13.2 Å². The predicted molar refractivity (Wildman–Crippen MR) is 141 cm³/mol. The summed E-state index contributed by atoms with van der Waals surface area (Å²) >= 11 is 9.23. The number of aromatic nitrogens is 2. The van der Waals surface area contributed by atoms with Crippen LogP contribution in [0.5, 0.6) is 5.88 Å². The molecule has 2 heterocycles. The van der Waals surface area contributed by atoms with Crippen LogP contribution in [0.2, 0.25) is 5.02 Å². The lowest BCUT2D eigenvalue weighted by atomic mass is 10.1. The van der Waals surface area contributed by atoms with Gasteiger partial charge in [0.15, 0.2) is 5.76 Å². The number of anilines is 1. The Bertz CT molecular complexity index is 1530. The molecule has 0 amide bonds. The quantitative estimate of drug-likeness (QED) is 0.230. The Morgan fingerprint density at radius 2 is 1.84 bits per heavy atom. The molecule has 0 unspecified atom stereocenters. The summed E-state index contributed by atoms with van der Waals surface area (Å²) in [5.74, 6) is -1.05. The first-order valence-corrected chi connectivity index (χ1v) is 13.6. The Hall–Kier alpha value is -3.41. The van der Waals surface area contributed by atoms with Gasteiger partial charge in [0.25, 0.3) is 15.9 Å². The first-order valence-electron chi connectivity index (χ1n) is 11.0. The molecule has 0 radical (unpaired) electrons. The van der Waals surface area contributed by atoms with Crippen LogP contribution in [-0.2, 0) is 21.4 Å². The summed E-state index contributed by atoms with van der Waals surface area (Å²) in [5, 5.41) is 0.450. The van der Waals surface area contributed by atoms with Crippen molar-refractivity contribution in [3.63, 3.8) is 0 Å². The number of nitrogens with zero attached hydrogens (tertiary/aromatic N) is 2. The van der Waals surface area contributed by atoms with Crippen LogP contribution in [0.4, 0.5) is 5.82 Å². The lowest BCUT2D eigenvalue weighted by molar-refractivity contribution is 0.0520. The summed E-state index contributed by atoms with van der Waals surface area (Å²) in [7, 11) is -4.47. The minimum atomic E-state index is -4.47. The molecule has 0 saturated carbocycles. The predicted octanol–water partition coefficient (Wildman–Crippen LogP) is 6.02. The summed E-state index contributed by atoms with van der Waals surface area (Å²) in [4.78, 5) is 20.8. The van der Waals surface area contributed by atoms with Gasteiger partial charge in [-0.05, 0) is 59.6 Å². The fourth-order valence-electron chi connectivity index (χ4n) is 3.44. The maximum Gasteiger partial charge on any atom is 0.343 e. The summed E-state index contributed by atoms with van der Waals surface area (Å²) in [5.41, 5.74) is 1.01. The second-order valence-corrected chi connectivity index (χ2v) is 10.5. The first-order chi connectivity index (χ1) is 17.7. The largest absolute Gasteiger partial charge is 0.470 e. The van der Waals surface area contributed by atoms with Gasteiger partial charge in [0.2, 0.25) is 5.82 Å². The van der Waals surface area contributed by atoms with Crippen molar-refractivity contribution in [3.05, 3.63) is 87.3 Å². The zero-order valence-electron chi connectivity index (χ0n) is 19.7. The number of halogens is 2. The van der Waals surface area contributed by atoms with Gasteiger partial charge in [0, 0.05) is 10.6 Å². The molecule has 0 bridgehead atoms. The van der Waals surface area contributed by atoms with Gasteiger partial charge < -0.3 is 13.9 Å². The van der Waals surface area contributed by atoms with Crippen molar-refractivity contribution in [2.24, 2.45) is 0 Å². The third-order valence-corrected chi connectivity index (χ3v) is 7.08. The average Bonchev–Trinajstić information content (AvgIpc) is 3.23. The van der Waals surface area contributed by atoms with E-state index in [0.29, 0.717) is 15.2 Å². The minimum Gasteiger partial charge on any atom is -0.470 e. The fourth-order valence-corrected chi connectivity index (χ4v) is 5.22. The molecule has 0 fully saturated rings. The van der Waals surface area contributed by atoms with Crippen molar-refractivity contribution >= 4 is 49.3 Å². The molecule has 37 heavy (non-hydrogen) atoms. The molecule has 2 aromatic heterocycles. The van der Waals surface area contributed by atoms with E-state index < -0.39 is 20.9 Å². The Kier molecular flexibility index (Phi) is 8.16. The highest BCUT2D eigenvalue weighted by Crippen LogP contribution is 2.37. The van der Waals surface area contributed by atoms with E-state index in [2.05, 4.69) is 30.6 Å². The molecular weight excluding hydrogens is 586 g/mol. The molecule has 1 N–H and O–H groups in total. The maximum atomic E-state index is 13.8. The van der Waals surface area contributed by atoms with Gasteiger partial charge in [-0.3, -0.25) is 4.72 Å². The molecule has 4 aromatic rings. The number of carbonyl (C=O) groups excluding carboxylic acids is 1. The van der Waals surface area contributed by atoms with Gasteiger partial charge in [-0.1, -0.05) is 41.9 Å². The Morgan fingerprint density at radius 3 is 2.51 bits per heavy atom. The fraction of sp³-hybridized carbons (Fsp3) is 0.160. The van der Waals surface area contributed by atoms with Crippen LogP contribution in [0.3, 0.4) is 0 Å². The third kappa shape index (κ3) is 6.12. The van der Waals surface area contributed by atoms with E-state index in [1.165, 1.54) is 13.1 Å².